The van der Waals surface area contributed by atoms with Crippen LogP contribution >= 0.6 is 23.4 Å². The second-order valence-corrected chi connectivity index (χ2v) is 10.8. The molecule has 1 aliphatic carbocycles. The van der Waals surface area contributed by atoms with Gasteiger partial charge in [-0.05, 0) is 33.6 Å². The average Bonchev–Trinajstić information content (AvgIpc) is 3.31. The minimum atomic E-state index is 0.0397. The van der Waals surface area contributed by atoms with Gasteiger partial charge in [0.1, 0.15) is 11.0 Å². The molecular weight excluding hydrogens is 462 g/mol. The predicted molar refractivity (Wildman–Crippen MR) is 130 cm³/mol. The molecule has 2 aliphatic heterocycles. The highest BCUT2D eigenvalue weighted by atomic mass is 35.5. The van der Waals surface area contributed by atoms with Gasteiger partial charge in [0.2, 0.25) is 11.8 Å². The van der Waals surface area contributed by atoms with Crippen LogP contribution in [0.4, 0.5) is 5.82 Å². The van der Waals surface area contributed by atoms with Crippen molar-refractivity contribution in [1.29, 1.82) is 0 Å². The molecule has 0 radical (unpaired) electrons. The predicted octanol–water partition coefficient (Wildman–Crippen LogP) is 3.09. The van der Waals surface area contributed by atoms with Gasteiger partial charge in [0.15, 0.2) is 5.16 Å². The van der Waals surface area contributed by atoms with Gasteiger partial charge in [-0.15, -0.1) is 0 Å². The maximum Gasteiger partial charge on any atom is 0.233 e. The summed E-state index contributed by atoms with van der Waals surface area (Å²) in [5.41, 5.74) is 0. The van der Waals surface area contributed by atoms with Crippen molar-refractivity contribution in [3.8, 4) is 0 Å². The fourth-order valence-corrected chi connectivity index (χ4v) is 6.10. The molecule has 0 N–H and O–H groups in total. The number of hydrogen-bond donors (Lipinski definition) is 0. The quantitative estimate of drug-likeness (QED) is 0.353. The number of amides is 2. The zero-order chi connectivity index (χ0) is 23.5. The molecule has 3 unspecified atom stereocenters. The molecule has 8 nitrogen and oxygen atoms in total. The van der Waals surface area contributed by atoms with Crippen LogP contribution in [0.15, 0.2) is 11.2 Å². The minimum absolute atomic E-state index is 0.0397. The molecule has 3 aliphatic rings. The molecule has 182 valence electrons. The van der Waals surface area contributed by atoms with Crippen LogP contribution < -0.4 is 4.90 Å². The van der Waals surface area contributed by atoms with Crippen LogP contribution in [-0.2, 0) is 14.3 Å². The first-order valence-corrected chi connectivity index (χ1v) is 13.3. The summed E-state index contributed by atoms with van der Waals surface area (Å²) in [6.07, 6.45) is 4.45. The Morgan fingerprint density at radius 1 is 1.09 bits per heavy atom. The van der Waals surface area contributed by atoms with Crippen molar-refractivity contribution in [3.63, 3.8) is 0 Å². The molecule has 2 saturated heterocycles. The molecule has 4 rings (SSSR count). The number of halogens is 1. The number of anilines is 1. The molecule has 1 aromatic rings. The van der Waals surface area contributed by atoms with E-state index in [0.29, 0.717) is 48.9 Å². The summed E-state index contributed by atoms with van der Waals surface area (Å²) < 4.78 is 5.71. The Kier molecular flexibility index (Phi) is 8.02. The van der Waals surface area contributed by atoms with Crippen LogP contribution in [0.5, 0.6) is 0 Å². The minimum Gasteiger partial charge on any atom is -0.372 e. The summed E-state index contributed by atoms with van der Waals surface area (Å²) in [5.74, 6) is 1.57. The molecule has 2 amide bonds. The van der Waals surface area contributed by atoms with E-state index in [1.807, 2.05) is 23.6 Å². The van der Waals surface area contributed by atoms with Crippen molar-refractivity contribution in [3.05, 3.63) is 11.2 Å². The van der Waals surface area contributed by atoms with Crippen LogP contribution in [0.2, 0.25) is 5.15 Å². The third-order valence-corrected chi connectivity index (χ3v) is 7.72. The Bertz CT molecular complexity index is 858. The van der Waals surface area contributed by atoms with E-state index in [4.69, 9.17) is 16.3 Å². The normalized spacial score (nSPS) is 26.7. The lowest BCUT2D eigenvalue weighted by atomic mass is 10.0. The fraction of sp³-hybridized carbons (Fsp3) is 0.739. The van der Waals surface area contributed by atoms with E-state index in [1.54, 1.807) is 6.07 Å². The standard InChI is InChI=1S/C23H34ClN5O3S/c1-15-11-27(8-9-29(15)22(31)18-6-4-5-7-18)20-10-19(24)25-23(26-20)33-14-21(30)28-12-16(2)32-17(3)13-28/h10,15-18H,4-9,11-14H2,1-3H3. The van der Waals surface area contributed by atoms with Gasteiger partial charge in [0.25, 0.3) is 0 Å². The van der Waals surface area contributed by atoms with E-state index >= 15 is 0 Å². The van der Waals surface area contributed by atoms with Crippen LogP contribution in [-0.4, -0.2) is 88.3 Å². The van der Waals surface area contributed by atoms with Gasteiger partial charge in [-0.25, -0.2) is 9.97 Å². The zero-order valence-electron chi connectivity index (χ0n) is 19.7. The van der Waals surface area contributed by atoms with Crippen molar-refractivity contribution >= 4 is 41.0 Å². The number of nitrogens with zero attached hydrogens (tertiary/aromatic N) is 5. The summed E-state index contributed by atoms with van der Waals surface area (Å²) in [5, 5.41) is 0.859. The molecule has 10 heteroatoms. The van der Waals surface area contributed by atoms with Crippen molar-refractivity contribution in [1.82, 2.24) is 19.8 Å². The van der Waals surface area contributed by atoms with Crippen LogP contribution in [0.25, 0.3) is 0 Å². The number of rotatable bonds is 5. The highest BCUT2D eigenvalue weighted by Gasteiger charge is 2.33. The van der Waals surface area contributed by atoms with E-state index in [0.717, 1.165) is 31.5 Å². The third kappa shape index (κ3) is 6.11. The topological polar surface area (TPSA) is 78.9 Å². The summed E-state index contributed by atoms with van der Waals surface area (Å²) in [7, 11) is 0. The van der Waals surface area contributed by atoms with Gasteiger partial charge >= 0.3 is 0 Å². The Hall–Kier alpha value is -1.58. The smallest absolute Gasteiger partial charge is 0.233 e. The first kappa shape index (κ1) is 24.5. The molecule has 3 fully saturated rings. The summed E-state index contributed by atoms with van der Waals surface area (Å²) in [6, 6.07) is 1.88. The van der Waals surface area contributed by atoms with E-state index in [1.165, 1.54) is 11.8 Å². The second-order valence-electron chi connectivity index (χ2n) is 9.48. The number of piperazine rings is 1. The third-order valence-electron chi connectivity index (χ3n) is 6.70. The summed E-state index contributed by atoms with van der Waals surface area (Å²) >= 11 is 7.62. The molecule has 0 bridgehead atoms. The van der Waals surface area contributed by atoms with Crippen LogP contribution in [0, 0.1) is 5.92 Å². The summed E-state index contributed by atoms with van der Waals surface area (Å²) in [4.78, 5) is 40.6. The highest BCUT2D eigenvalue weighted by molar-refractivity contribution is 7.99. The van der Waals surface area contributed by atoms with E-state index in [-0.39, 0.29) is 35.8 Å². The van der Waals surface area contributed by atoms with Crippen molar-refractivity contribution in [2.75, 3.05) is 43.4 Å². The number of carbonyl (C=O) groups excluding carboxylic acids is 2. The Balaban J connectivity index is 1.35. The SMILES string of the molecule is CC1CN(C(=O)CSc2nc(Cl)cc(N3CCN(C(=O)C4CCCC4)C(C)C3)n2)CC(C)O1. The lowest BCUT2D eigenvalue weighted by Gasteiger charge is -2.41. The zero-order valence-corrected chi connectivity index (χ0v) is 21.3. The van der Waals surface area contributed by atoms with Gasteiger partial charge < -0.3 is 19.4 Å². The van der Waals surface area contributed by atoms with E-state index in [2.05, 4.69) is 21.8 Å². The molecule has 3 atom stereocenters. The second kappa shape index (κ2) is 10.8. The maximum absolute atomic E-state index is 12.9. The number of hydrogen-bond acceptors (Lipinski definition) is 7. The number of ether oxygens (including phenoxy) is 1. The van der Waals surface area contributed by atoms with Gasteiger partial charge in [-0.3, -0.25) is 9.59 Å². The molecule has 0 spiro atoms. The van der Waals surface area contributed by atoms with Gasteiger partial charge in [-0.2, -0.15) is 0 Å². The average molecular weight is 496 g/mol. The largest absolute Gasteiger partial charge is 0.372 e. The van der Waals surface area contributed by atoms with E-state index in [9.17, 15) is 9.59 Å². The number of thioether (sulfide) groups is 1. The van der Waals surface area contributed by atoms with Crippen LogP contribution in [0.3, 0.4) is 0 Å². The molecule has 33 heavy (non-hydrogen) atoms. The van der Waals surface area contributed by atoms with Crippen molar-refractivity contribution < 1.29 is 14.3 Å². The molecule has 3 heterocycles. The number of carbonyl (C=O) groups is 2. The Labute approximate surface area is 205 Å². The highest BCUT2D eigenvalue weighted by Crippen LogP contribution is 2.29. The lowest BCUT2D eigenvalue weighted by Crippen LogP contribution is -2.55. The number of morpholine rings is 1. The first-order valence-electron chi connectivity index (χ1n) is 12.0. The molecule has 1 aromatic heterocycles. The summed E-state index contributed by atoms with van der Waals surface area (Å²) in [6.45, 7) is 9.38. The van der Waals surface area contributed by atoms with Gasteiger partial charge in [0, 0.05) is 50.7 Å². The molecule has 1 saturated carbocycles. The lowest BCUT2D eigenvalue weighted by molar-refractivity contribution is -0.140. The van der Waals surface area contributed by atoms with E-state index < -0.39 is 0 Å². The Morgan fingerprint density at radius 3 is 2.45 bits per heavy atom. The van der Waals surface area contributed by atoms with Gasteiger partial charge in [0.05, 0.1) is 18.0 Å². The monoisotopic (exact) mass is 495 g/mol. The fourth-order valence-electron chi connectivity index (χ4n) is 5.11. The van der Waals surface area contributed by atoms with Crippen LogP contribution in [0.1, 0.15) is 46.5 Å². The maximum atomic E-state index is 12.9. The van der Waals surface area contributed by atoms with Gasteiger partial charge in [-0.1, -0.05) is 36.2 Å². The molecule has 0 aromatic carbocycles. The van der Waals surface area contributed by atoms with Crippen molar-refractivity contribution in [2.45, 2.75) is 69.9 Å². The first-order chi connectivity index (χ1) is 15.8. The Morgan fingerprint density at radius 2 is 1.79 bits per heavy atom. The molecular formula is C23H34ClN5O3S. The van der Waals surface area contributed by atoms with Crippen molar-refractivity contribution in [2.24, 2.45) is 5.92 Å². The number of aromatic nitrogens is 2.